The van der Waals surface area contributed by atoms with Crippen LogP contribution in [0.25, 0.3) is 0 Å². The van der Waals surface area contributed by atoms with Crippen molar-refractivity contribution in [1.82, 2.24) is 20.9 Å². The van der Waals surface area contributed by atoms with Crippen LogP contribution in [0.4, 0.5) is 4.79 Å². The summed E-state index contributed by atoms with van der Waals surface area (Å²) in [7, 11) is 0. The molecule has 4 rings (SSSR count). The molecule has 0 radical (unpaired) electrons. The van der Waals surface area contributed by atoms with Crippen molar-refractivity contribution in [3.05, 3.63) is 71.8 Å². The number of carbonyl (C=O) groups is 3. The number of nitrogens with one attached hydrogen (secondary N) is 3. The molecule has 3 amide bonds. The number of carbonyl (C=O) groups excluding carboxylic acids is 3. The summed E-state index contributed by atoms with van der Waals surface area (Å²) in [6.45, 7) is 10.8. The van der Waals surface area contributed by atoms with Gasteiger partial charge >= 0.3 is 6.09 Å². The maximum Gasteiger partial charge on any atom is 0.408 e. The van der Waals surface area contributed by atoms with Gasteiger partial charge in [-0.3, -0.25) is 14.5 Å². The average molecular weight is 663 g/mol. The zero-order valence-corrected chi connectivity index (χ0v) is 29.6. The highest BCUT2D eigenvalue weighted by Gasteiger charge is 2.39. The quantitative estimate of drug-likeness (QED) is 0.222. The van der Waals surface area contributed by atoms with Crippen molar-refractivity contribution < 1.29 is 24.2 Å². The number of benzene rings is 2. The van der Waals surface area contributed by atoms with Gasteiger partial charge in [-0.15, -0.1) is 0 Å². The predicted octanol–water partition coefficient (Wildman–Crippen LogP) is 5.60. The first-order valence-electron chi connectivity index (χ1n) is 17.9. The smallest absolute Gasteiger partial charge is 0.408 e. The van der Waals surface area contributed by atoms with Crippen LogP contribution in [-0.4, -0.2) is 70.8 Å². The normalized spacial score (nSPS) is 21.1. The average Bonchev–Trinajstić information content (AvgIpc) is 3.06. The highest BCUT2D eigenvalue weighted by atomic mass is 16.5. The van der Waals surface area contributed by atoms with Crippen molar-refractivity contribution in [2.24, 2.45) is 17.8 Å². The van der Waals surface area contributed by atoms with Crippen molar-refractivity contribution in [3.8, 4) is 0 Å². The predicted molar refractivity (Wildman–Crippen MR) is 189 cm³/mol. The maximum absolute atomic E-state index is 13.8. The summed E-state index contributed by atoms with van der Waals surface area (Å²) < 4.78 is 5.40. The topological polar surface area (TPSA) is 120 Å². The molecule has 2 fully saturated rings. The molecular weight excluding hydrogens is 604 g/mol. The molecule has 0 aromatic heterocycles. The molecular formula is C39H58N4O5. The lowest BCUT2D eigenvalue weighted by molar-refractivity contribution is -0.132. The Morgan fingerprint density at radius 2 is 1.50 bits per heavy atom. The number of nitrogens with zero attached hydrogens (tertiary/aromatic N) is 1. The third-order valence-corrected chi connectivity index (χ3v) is 9.82. The largest absolute Gasteiger partial charge is 0.445 e. The Kier molecular flexibility index (Phi) is 13.9. The SMILES string of the molecule is CC(C)[C@H](NC(=O)OCc1ccccc1)C(=O)N[C@@H](Cc1ccccc1)[C@H](O)CN1CC[C@@H](C2CCCCC2)C[C@H]1C(=O)NC(C)(C)C. The van der Waals surface area contributed by atoms with E-state index in [0.29, 0.717) is 18.3 Å². The third kappa shape index (κ3) is 11.6. The lowest BCUT2D eigenvalue weighted by Crippen LogP contribution is -2.60. The number of rotatable bonds is 13. The minimum Gasteiger partial charge on any atom is -0.445 e. The Balaban J connectivity index is 1.47. The second kappa shape index (κ2) is 17.8. The molecule has 5 atom stereocenters. The Hall–Kier alpha value is -3.43. The molecule has 1 saturated carbocycles. The first-order valence-corrected chi connectivity index (χ1v) is 17.9. The highest BCUT2D eigenvalue weighted by molar-refractivity contribution is 5.86. The van der Waals surface area contributed by atoms with Crippen LogP contribution in [0.2, 0.25) is 0 Å². The van der Waals surface area contributed by atoms with E-state index in [2.05, 4.69) is 20.9 Å². The van der Waals surface area contributed by atoms with Gasteiger partial charge in [0.25, 0.3) is 0 Å². The third-order valence-electron chi connectivity index (χ3n) is 9.82. The number of piperidine rings is 1. The molecule has 9 heteroatoms. The van der Waals surface area contributed by atoms with Crippen molar-refractivity contribution in [1.29, 1.82) is 0 Å². The lowest BCUT2D eigenvalue weighted by atomic mass is 9.74. The number of hydrogen-bond acceptors (Lipinski definition) is 6. The first kappa shape index (κ1) is 37.4. The molecule has 48 heavy (non-hydrogen) atoms. The number of β-amino-alcohol motifs (C(OH)–C–C–N with tert-alkyl or cyclic N) is 1. The summed E-state index contributed by atoms with van der Waals surface area (Å²) in [5.41, 5.74) is 1.45. The zero-order chi connectivity index (χ0) is 34.7. The van der Waals surface area contributed by atoms with E-state index in [0.717, 1.165) is 30.5 Å². The number of alkyl carbamates (subject to hydrolysis) is 1. The van der Waals surface area contributed by atoms with Crippen molar-refractivity contribution >= 4 is 17.9 Å². The molecule has 2 aromatic rings. The minimum atomic E-state index is -0.955. The van der Waals surface area contributed by atoms with E-state index in [-0.39, 0.29) is 42.5 Å². The highest BCUT2D eigenvalue weighted by Crippen LogP contribution is 2.38. The van der Waals surface area contributed by atoms with Gasteiger partial charge in [0.2, 0.25) is 11.8 Å². The maximum atomic E-state index is 13.8. The second-order valence-electron chi connectivity index (χ2n) is 15.2. The van der Waals surface area contributed by atoms with E-state index in [1.165, 1.54) is 32.1 Å². The Morgan fingerprint density at radius 3 is 2.10 bits per heavy atom. The van der Waals surface area contributed by atoms with E-state index in [1.54, 1.807) is 0 Å². The van der Waals surface area contributed by atoms with Crippen LogP contribution in [0.3, 0.4) is 0 Å². The van der Waals surface area contributed by atoms with Crippen molar-refractivity contribution in [3.63, 3.8) is 0 Å². The van der Waals surface area contributed by atoms with Gasteiger partial charge in [0.15, 0.2) is 0 Å². The number of aliphatic hydroxyl groups excluding tert-OH is 1. The number of likely N-dealkylation sites (tertiary alicyclic amines) is 1. The fraction of sp³-hybridized carbons (Fsp3) is 0.615. The van der Waals surface area contributed by atoms with Gasteiger partial charge in [0.05, 0.1) is 18.2 Å². The monoisotopic (exact) mass is 662 g/mol. The van der Waals surface area contributed by atoms with Gasteiger partial charge in [-0.2, -0.15) is 0 Å². The van der Waals surface area contributed by atoms with E-state index in [4.69, 9.17) is 4.74 Å². The molecule has 1 saturated heterocycles. The summed E-state index contributed by atoms with van der Waals surface area (Å²) in [5, 5.41) is 20.8. The van der Waals surface area contributed by atoms with E-state index < -0.39 is 24.3 Å². The second-order valence-corrected chi connectivity index (χ2v) is 15.2. The van der Waals surface area contributed by atoms with Gasteiger partial charge < -0.3 is 25.8 Å². The van der Waals surface area contributed by atoms with Crippen LogP contribution in [-0.2, 0) is 27.4 Å². The lowest BCUT2D eigenvalue weighted by Gasteiger charge is -2.44. The Labute approximate surface area is 287 Å². The molecule has 0 spiro atoms. The van der Waals surface area contributed by atoms with Crippen LogP contribution < -0.4 is 16.0 Å². The van der Waals surface area contributed by atoms with Crippen molar-refractivity contribution in [2.75, 3.05) is 13.1 Å². The van der Waals surface area contributed by atoms with Crippen LogP contribution in [0.1, 0.15) is 90.7 Å². The number of aliphatic hydroxyl groups is 1. The molecule has 0 bridgehead atoms. The van der Waals surface area contributed by atoms with Crippen LogP contribution >= 0.6 is 0 Å². The first-order chi connectivity index (χ1) is 22.9. The van der Waals surface area contributed by atoms with E-state index in [1.807, 2.05) is 95.3 Å². The summed E-state index contributed by atoms with van der Waals surface area (Å²) in [4.78, 5) is 42.4. The van der Waals surface area contributed by atoms with Crippen LogP contribution in [0.5, 0.6) is 0 Å². The molecule has 1 aliphatic carbocycles. The van der Waals surface area contributed by atoms with E-state index in [9.17, 15) is 19.5 Å². The molecule has 1 heterocycles. The molecule has 4 N–H and O–H groups in total. The van der Waals surface area contributed by atoms with Gasteiger partial charge in [-0.05, 0) is 75.5 Å². The summed E-state index contributed by atoms with van der Waals surface area (Å²) >= 11 is 0. The fourth-order valence-electron chi connectivity index (χ4n) is 7.24. The minimum absolute atomic E-state index is 0.00283. The molecule has 264 valence electrons. The molecule has 0 unspecified atom stereocenters. The number of amides is 3. The standard InChI is InChI=1S/C39H58N4O5/c1-27(2)35(41-38(47)48-26-29-17-11-7-12-18-29)37(46)40-32(23-28-15-9-6-10-16-28)34(44)25-43-22-21-31(30-19-13-8-14-20-30)24-33(43)36(45)42-39(3,4)5/h6-7,9-12,15-18,27,30-35,44H,8,13-14,19-26H2,1-5H3,(H,40,46)(H,41,47)(H,42,45)/t31-,32+,33+,34-,35+/m1/s1. The van der Waals surface area contributed by atoms with Gasteiger partial charge in [-0.1, -0.05) is 107 Å². The van der Waals surface area contributed by atoms with E-state index >= 15 is 0 Å². The molecule has 1 aliphatic heterocycles. The number of ether oxygens (including phenoxy) is 1. The van der Waals surface area contributed by atoms with Crippen molar-refractivity contribution in [2.45, 2.75) is 122 Å². The summed E-state index contributed by atoms with van der Waals surface area (Å²) in [6.07, 6.45) is 6.83. The van der Waals surface area contributed by atoms with Gasteiger partial charge in [-0.25, -0.2) is 4.79 Å². The summed E-state index contributed by atoms with van der Waals surface area (Å²) in [5.74, 6) is 0.527. The zero-order valence-electron chi connectivity index (χ0n) is 29.6. The van der Waals surface area contributed by atoms with Gasteiger partial charge in [0.1, 0.15) is 12.6 Å². The summed E-state index contributed by atoms with van der Waals surface area (Å²) in [6, 6.07) is 17.3. The molecule has 9 nitrogen and oxygen atoms in total. The van der Waals surface area contributed by atoms with Gasteiger partial charge in [0, 0.05) is 12.1 Å². The van der Waals surface area contributed by atoms with Crippen LogP contribution in [0.15, 0.2) is 60.7 Å². The van der Waals surface area contributed by atoms with Crippen LogP contribution in [0, 0.1) is 17.8 Å². The number of hydrogen-bond donors (Lipinski definition) is 4. The fourth-order valence-corrected chi connectivity index (χ4v) is 7.24. The molecule has 2 aliphatic rings. The molecule has 2 aromatic carbocycles. The Morgan fingerprint density at radius 1 is 0.875 bits per heavy atom. The Bertz CT molecular complexity index is 1290.